The molecule has 0 radical (unpaired) electrons. The minimum Gasteiger partial charge on any atom is -0.490 e. The van der Waals surface area contributed by atoms with E-state index in [9.17, 15) is 4.79 Å². The molecule has 1 aromatic heterocycles. The molecule has 144 valence electrons. The lowest BCUT2D eigenvalue weighted by atomic mass is 10.2. The van der Waals surface area contributed by atoms with E-state index in [0.29, 0.717) is 41.8 Å². The second-order valence-electron chi connectivity index (χ2n) is 6.48. The molecule has 0 bridgehead atoms. The van der Waals surface area contributed by atoms with Gasteiger partial charge in [-0.15, -0.1) is 11.3 Å². The molecule has 0 spiro atoms. The van der Waals surface area contributed by atoms with Crippen LogP contribution in [0.3, 0.4) is 0 Å². The number of hydrogen-bond acceptors (Lipinski definition) is 5. The normalized spacial score (nSPS) is 13.0. The number of thiazole rings is 1. The van der Waals surface area contributed by atoms with Gasteiger partial charge in [-0.2, -0.15) is 0 Å². The van der Waals surface area contributed by atoms with Crippen LogP contribution in [0.1, 0.15) is 22.7 Å². The number of hydrogen-bond donors (Lipinski definition) is 1. The number of carbonyl (C=O) groups excluding carboxylic acids is 1. The number of nitrogens with one attached hydrogen (secondary N) is 1. The summed E-state index contributed by atoms with van der Waals surface area (Å²) < 4.78 is 11.3. The Bertz CT molecular complexity index is 989. The van der Waals surface area contributed by atoms with Crippen molar-refractivity contribution in [3.05, 3.63) is 69.1 Å². The van der Waals surface area contributed by atoms with Gasteiger partial charge < -0.3 is 14.8 Å². The summed E-state index contributed by atoms with van der Waals surface area (Å²) in [5, 5.41) is 6.49. The monoisotopic (exact) mass is 414 g/mol. The Morgan fingerprint density at radius 2 is 2.00 bits per heavy atom. The second kappa shape index (κ2) is 8.63. The van der Waals surface area contributed by atoms with Crippen molar-refractivity contribution in [1.29, 1.82) is 0 Å². The highest BCUT2D eigenvalue weighted by Gasteiger charge is 2.13. The van der Waals surface area contributed by atoms with Gasteiger partial charge in [-0.25, -0.2) is 4.98 Å². The fourth-order valence-corrected chi connectivity index (χ4v) is 3.98. The minimum absolute atomic E-state index is 0.117. The third-order valence-corrected chi connectivity index (χ3v) is 5.35. The average molecular weight is 415 g/mol. The van der Waals surface area contributed by atoms with Gasteiger partial charge in [-0.3, -0.25) is 4.79 Å². The number of halogens is 1. The molecule has 1 N–H and O–H groups in total. The summed E-state index contributed by atoms with van der Waals surface area (Å²) in [5.74, 6) is 1.25. The van der Waals surface area contributed by atoms with Crippen LogP contribution in [0.2, 0.25) is 5.02 Å². The first kappa shape index (κ1) is 18.8. The van der Waals surface area contributed by atoms with Crippen LogP contribution in [0.15, 0.2) is 47.8 Å². The largest absolute Gasteiger partial charge is 0.490 e. The molecule has 0 saturated carbocycles. The van der Waals surface area contributed by atoms with Crippen LogP contribution in [0.4, 0.5) is 5.69 Å². The molecule has 0 fully saturated rings. The first-order chi connectivity index (χ1) is 13.7. The van der Waals surface area contributed by atoms with E-state index in [1.165, 1.54) is 0 Å². The maximum atomic E-state index is 12.4. The lowest BCUT2D eigenvalue weighted by Crippen LogP contribution is -2.14. The van der Waals surface area contributed by atoms with Gasteiger partial charge in [0.2, 0.25) is 5.91 Å². The van der Waals surface area contributed by atoms with Crippen molar-refractivity contribution in [2.24, 2.45) is 0 Å². The predicted molar refractivity (Wildman–Crippen MR) is 111 cm³/mol. The highest BCUT2D eigenvalue weighted by molar-refractivity contribution is 7.09. The summed E-state index contributed by atoms with van der Waals surface area (Å²) in [5.41, 5.74) is 2.54. The molecule has 2 aromatic carbocycles. The summed E-state index contributed by atoms with van der Waals surface area (Å²) in [7, 11) is 0. The van der Waals surface area contributed by atoms with Crippen molar-refractivity contribution < 1.29 is 14.3 Å². The number of fused-ring (bicyclic) bond motifs is 1. The van der Waals surface area contributed by atoms with Crippen LogP contribution in [0, 0.1) is 0 Å². The Hall–Kier alpha value is -2.57. The Morgan fingerprint density at radius 1 is 1.14 bits per heavy atom. The van der Waals surface area contributed by atoms with E-state index in [2.05, 4.69) is 10.3 Å². The number of anilines is 1. The van der Waals surface area contributed by atoms with E-state index in [-0.39, 0.29) is 12.3 Å². The van der Waals surface area contributed by atoms with E-state index >= 15 is 0 Å². The van der Waals surface area contributed by atoms with Gasteiger partial charge >= 0.3 is 0 Å². The number of benzene rings is 2. The summed E-state index contributed by atoms with van der Waals surface area (Å²) in [6.07, 6.45) is 1.77. The summed E-state index contributed by atoms with van der Waals surface area (Å²) in [6, 6.07) is 13.2. The van der Waals surface area contributed by atoms with Gasteiger partial charge in [0.05, 0.1) is 30.3 Å². The lowest BCUT2D eigenvalue weighted by molar-refractivity contribution is -0.115. The second-order valence-corrected chi connectivity index (χ2v) is 7.86. The maximum Gasteiger partial charge on any atom is 0.230 e. The number of carbonyl (C=O) groups is 1. The quantitative estimate of drug-likeness (QED) is 0.655. The van der Waals surface area contributed by atoms with Gasteiger partial charge in [0.15, 0.2) is 11.5 Å². The lowest BCUT2D eigenvalue weighted by Gasteiger charge is -2.10. The molecule has 3 aromatic rings. The number of amides is 1. The van der Waals surface area contributed by atoms with Gasteiger partial charge in [0, 0.05) is 35.0 Å². The Kier molecular flexibility index (Phi) is 5.78. The highest BCUT2D eigenvalue weighted by atomic mass is 35.5. The SMILES string of the molecule is O=C(Cc1csc(Cc2cccc(Cl)c2)n1)Nc1ccc2c(c1)OCCCO2. The third kappa shape index (κ3) is 4.82. The van der Waals surface area contributed by atoms with Crippen molar-refractivity contribution in [2.75, 3.05) is 18.5 Å². The van der Waals surface area contributed by atoms with Crippen molar-refractivity contribution in [2.45, 2.75) is 19.3 Å². The predicted octanol–water partition coefficient (Wildman–Crippen LogP) is 4.73. The van der Waals surface area contributed by atoms with Crippen LogP contribution >= 0.6 is 22.9 Å². The molecule has 28 heavy (non-hydrogen) atoms. The van der Waals surface area contributed by atoms with Crippen molar-refractivity contribution in [3.63, 3.8) is 0 Å². The molecule has 0 unspecified atom stereocenters. The molecule has 7 heteroatoms. The van der Waals surface area contributed by atoms with E-state index in [4.69, 9.17) is 21.1 Å². The molecule has 1 aliphatic rings. The van der Waals surface area contributed by atoms with Gasteiger partial charge in [-0.05, 0) is 29.8 Å². The maximum absolute atomic E-state index is 12.4. The Morgan fingerprint density at radius 3 is 2.86 bits per heavy atom. The van der Waals surface area contributed by atoms with Gasteiger partial charge in [0.1, 0.15) is 0 Å². The smallest absolute Gasteiger partial charge is 0.230 e. The number of nitrogens with zero attached hydrogens (tertiary/aromatic N) is 1. The molecule has 1 aliphatic heterocycles. The average Bonchev–Trinajstić information content (AvgIpc) is 2.96. The zero-order chi connectivity index (χ0) is 19.3. The van der Waals surface area contributed by atoms with E-state index in [1.807, 2.05) is 41.8 Å². The molecule has 4 rings (SSSR count). The minimum atomic E-state index is -0.117. The molecule has 0 aliphatic carbocycles. The molecular formula is C21H19ClN2O3S. The van der Waals surface area contributed by atoms with E-state index < -0.39 is 0 Å². The number of ether oxygens (including phenoxy) is 2. The van der Waals surface area contributed by atoms with Gasteiger partial charge in [0.25, 0.3) is 0 Å². The van der Waals surface area contributed by atoms with E-state index in [1.54, 1.807) is 17.4 Å². The first-order valence-electron chi connectivity index (χ1n) is 9.03. The standard InChI is InChI=1S/C21H19ClN2O3S/c22-15-4-1-3-14(9-15)10-21-24-17(13-28-21)12-20(25)23-16-5-6-18-19(11-16)27-8-2-7-26-18/h1,3-6,9,11,13H,2,7-8,10,12H2,(H,23,25). The zero-order valence-electron chi connectivity index (χ0n) is 15.1. The fraction of sp³-hybridized carbons (Fsp3) is 0.238. The Labute approximate surface area is 172 Å². The molecule has 2 heterocycles. The zero-order valence-corrected chi connectivity index (χ0v) is 16.7. The van der Waals surface area contributed by atoms with Crippen LogP contribution in [0.5, 0.6) is 11.5 Å². The van der Waals surface area contributed by atoms with Gasteiger partial charge in [-0.1, -0.05) is 23.7 Å². The van der Waals surface area contributed by atoms with Crippen molar-refractivity contribution >= 4 is 34.5 Å². The Balaban J connectivity index is 1.36. The van der Waals surface area contributed by atoms with Crippen molar-refractivity contribution in [1.82, 2.24) is 4.98 Å². The molecule has 0 atom stereocenters. The molecule has 1 amide bonds. The molecule has 0 saturated heterocycles. The van der Waals surface area contributed by atoms with Crippen molar-refractivity contribution in [3.8, 4) is 11.5 Å². The topological polar surface area (TPSA) is 60.5 Å². The molecular weight excluding hydrogens is 396 g/mol. The van der Waals surface area contributed by atoms with Crippen LogP contribution in [-0.4, -0.2) is 24.1 Å². The number of rotatable bonds is 5. The first-order valence-corrected chi connectivity index (χ1v) is 10.3. The highest BCUT2D eigenvalue weighted by Crippen LogP contribution is 2.32. The van der Waals surface area contributed by atoms with Crippen LogP contribution in [0.25, 0.3) is 0 Å². The number of aromatic nitrogens is 1. The van der Waals surface area contributed by atoms with Crippen LogP contribution in [-0.2, 0) is 17.6 Å². The molecule has 5 nitrogen and oxygen atoms in total. The third-order valence-electron chi connectivity index (χ3n) is 4.22. The fourth-order valence-electron chi connectivity index (χ4n) is 2.94. The van der Waals surface area contributed by atoms with E-state index in [0.717, 1.165) is 22.7 Å². The van der Waals surface area contributed by atoms with Crippen LogP contribution < -0.4 is 14.8 Å². The summed E-state index contributed by atoms with van der Waals surface area (Å²) in [4.78, 5) is 17.0. The summed E-state index contributed by atoms with van der Waals surface area (Å²) in [6.45, 7) is 1.25. The summed E-state index contributed by atoms with van der Waals surface area (Å²) >= 11 is 7.58.